The number of carboxylic acid groups (broad SMARTS) is 1. The minimum Gasteiger partial charge on any atom is -0.481 e. The third-order valence-electron chi connectivity index (χ3n) is 2.31. The number of carboxylic acids is 1. The van der Waals surface area contributed by atoms with Gasteiger partial charge in [0, 0.05) is 0 Å². The molecule has 0 saturated carbocycles. The molecule has 17 heavy (non-hydrogen) atoms. The van der Waals surface area contributed by atoms with Crippen molar-refractivity contribution in [3.05, 3.63) is 40.7 Å². The zero-order valence-electron chi connectivity index (χ0n) is 9.11. The summed E-state index contributed by atoms with van der Waals surface area (Å²) in [4.78, 5) is 14.6. The van der Waals surface area contributed by atoms with Gasteiger partial charge in [-0.1, -0.05) is 23.7 Å². The number of hydrogen-bond donors (Lipinski definition) is 1. The number of aryl methyl sites for hydroxylation is 1. The molecule has 0 aliphatic heterocycles. The summed E-state index contributed by atoms with van der Waals surface area (Å²) in [6.45, 7) is 1.88. The van der Waals surface area contributed by atoms with E-state index in [1.807, 2.05) is 19.1 Å². The number of halogens is 1. The first-order valence-corrected chi connectivity index (χ1v) is 5.37. The Hall–Kier alpha value is -1.81. The highest BCUT2D eigenvalue weighted by Gasteiger charge is 2.13. The summed E-state index contributed by atoms with van der Waals surface area (Å²) >= 11 is 6.13. The Morgan fingerprint density at radius 2 is 2.29 bits per heavy atom. The van der Waals surface area contributed by atoms with E-state index in [-0.39, 0.29) is 6.42 Å². The van der Waals surface area contributed by atoms with Crippen molar-refractivity contribution in [1.82, 2.24) is 4.98 Å². The summed E-state index contributed by atoms with van der Waals surface area (Å²) in [6, 6.07) is 5.51. The molecule has 88 valence electrons. The number of aromatic nitrogens is 1. The molecule has 0 spiro atoms. The predicted octanol–water partition coefficient (Wildman–Crippen LogP) is 2.93. The Balaban J connectivity index is 2.37. The lowest BCUT2D eigenvalue weighted by molar-refractivity contribution is -0.136. The SMILES string of the molecule is Cc1cccc(-c2nc(CC(=O)O)co2)c1Cl. The van der Waals surface area contributed by atoms with E-state index in [1.54, 1.807) is 6.07 Å². The first kappa shape index (κ1) is 11.7. The molecule has 1 aromatic heterocycles. The van der Waals surface area contributed by atoms with Crippen LogP contribution in [-0.2, 0) is 11.2 Å². The Kier molecular flexibility index (Phi) is 3.15. The molecule has 0 bridgehead atoms. The van der Waals surface area contributed by atoms with Crippen LogP contribution in [0.2, 0.25) is 5.02 Å². The van der Waals surface area contributed by atoms with Gasteiger partial charge in [0.2, 0.25) is 5.89 Å². The first-order chi connectivity index (χ1) is 8.08. The topological polar surface area (TPSA) is 63.3 Å². The number of hydrogen-bond acceptors (Lipinski definition) is 3. The number of aliphatic carboxylic acids is 1. The van der Waals surface area contributed by atoms with Gasteiger partial charge < -0.3 is 9.52 Å². The average molecular weight is 252 g/mol. The Morgan fingerprint density at radius 1 is 1.53 bits per heavy atom. The lowest BCUT2D eigenvalue weighted by Crippen LogP contribution is -1.99. The molecule has 0 amide bonds. The Bertz CT molecular complexity index is 563. The average Bonchev–Trinajstić information content (AvgIpc) is 2.69. The van der Waals surface area contributed by atoms with Crippen molar-refractivity contribution in [2.75, 3.05) is 0 Å². The molecule has 0 saturated heterocycles. The van der Waals surface area contributed by atoms with E-state index in [9.17, 15) is 4.79 Å². The predicted molar refractivity (Wildman–Crippen MR) is 63.0 cm³/mol. The summed E-state index contributed by atoms with van der Waals surface area (Å²) < 4.78 is 5.23. The number of benzene rings is 1. The van der Waals surface area contributed by atoms with Gasteiger partial charge in [-0.25, -0.2) is 4.98 Å². The van der Waals surface area contributed by atoms with Crippen molar-refractivity contribution < 1.29 is 14.3 Å². The van der Waals surface area contributed by atoms with Crippen LogP contribution in [0.3, 0.4) is 0 Å². The summed E-state index contributed by atoms with van der Waals surface area (Å²) in [5.74, 6) is -0.602. The van der Waals surface area contributed by atoms with Gasteiger partial charge in [0.1, 0.15) is 6.26 Å². The first-order valence-electron chi connectivity index (χ1n) is 4.99. The lowest BCUT2D eigenvalue weighted by Gasteiger charge is -2.01. The lowest BCUT2D eigenvalue weighted by atomic mass is 10.1. The molecule has 0 radical (unpaired) electrons. The quantitative estimate of drug-likeness (QED) is 0.911. The van der Waals surface area contributed by atoms with Crippen LogP contribution in [0.5, 0.6) is 0 Å². The summed E-state index contributed by atoms with van der Waals surface area (Å²) in [6.07, 6.45) is 1.18. The molecular formula is C12H10ClNO3. The van der Waals surface area contributed by atoms with Gasteiger partial charge >= 0.3 is 5.97 Å². The molecule has 5 heteroatoms. The number of nitrogens with zero attached hydrogens (tertiary/aromatic N) is 1. The van der Waals surface area contributed by atoms with Gasteiger partial charge in [-0.05, 0) is 18.6 Å². The van der Waals surface area contributed by atoms with Crippen molar-refractivity contribution in [2.45, 2.75) is 13.3 Å². The number of rotatable bonds is 3. The molecule has 1 N–H and O–H groups in total. The van der Waals surface area contributed by atoms with Crippen molar-refractivity contribution in [2.24, 2.45) is 0 Å². The molecule has 1 heterocycles. The smallest absolute Gasteiger partial charge is 0.309 e. The van der Waals surface area contributed by atoms with Gasteiger partial charge in [0.25, 0.3) is 0 Å². The van der Waals surface area contributed by atoms with E-state index >= 15 is 0 Å². The van der Waals surface area contributed by atoms with Crippen LogP contribution < -0.4 is 0 Å². The van der Waals surface area contributed by atoms with Crippen molar-refractivity contribution in [1.29, 1.82) is 0 Å². The maximum Gasteiger partial charge on any atom is 0.309 e. The number of oxazole rings is 1. The van der Waals surface area contributed by atoms with Gasteiger partial charge in [-0.3, -0.25) is 4.79 Å². The molecule has 4 nitrogen and oxygen atoms in total. The van der Waals surface area contributed by atoms with Crippen molar-refractivity contribution in [3.63, 3.8) is 0 Å². The van der Waals surface area contributed by atoms with Crippen LogP contribution >= 0.6 is 11.6 Å². The summed E-state index contributed by atoms with van der Waals surface area (Å²) in [5.41, 5.74) is 1.97. The second kappa shape index (κ2) is 4.59. The normalized spacial score (nSPS) is 10.5. The molecule has 2 aromatic rings. The van der Waals surface area contributed by atoms with E-state index < -0.39 is 5.97 Å². The standard InChI is InChI=1S/C12H10ClNO3/c1-7-3-2-4-9(11(7)13)12-14-8(6-17-12)5-10(15)16/h2-4,6H,5H2,1H3,(H,15,16). The highest BCUT2D eigenvalue weighted by molar-refractivity contribution is 6.33. The summed E-state index contributed by atoms with van der Waals surface area (Å²) in [5, 5.41) is 9.20. The van der Waals surface area contributed by atoms with Gasteiger partial charge in [0.05, 0.1) is 22.7 Å². The molecule has 0 fully saturated rings. The number of carbonyl (C=O) groups is 1. The molecule has 0 atom stereocenters. The monoisotopic (exact) mass is 251 g/mol. The highest BCUT2D eigenvalue weighted by atomic mass is 35.5. The molecular weight excluding hydrogens is 242 g/mol. The van der Waals surface area contributed by atoms with Crippen molar-refractivity contribution in [3.8, 4) is 11.5 Å². The second-order valence-corrected chi connectivity index (χ2v) is 4.03. The van der Waals surface area contributed by atoms with Crippen LogP contribution in [0.1, 0.15) is 11.3 Å². The second-order valence-electron chi connectivity index (χ2n) is 3.65. The largest absolute Gasteiger partial charge is 0.481 e. The third-order valence-corrected chi connectivity index (χ3v) is 2.81. The van der Waals surface area contributed by atoms with E-state index in [4.69, 9.17) is 21.1 Å². The Labute approximate surface area is 103 Å². The van der Waals surface area contributed by atoms with E-state index in [1.165, 1.54) is 6.26 Å². The van der Waals surface area contributed by atoms with E-state index in [2.05, 4.69) is 4.98 Å². The molecule has 0 aliphatic carbocycles. The van der Waals surface area contributed by atoms with Crippen LogP contribution in [0.4, 0.5) is 0 Å². The maximum atomic E-state index is 10.5. The van der Waals surface area contributed by atoms with Crippen LogP contribution in [-0.4, -0.2) is 16.1 Å². The fourth-order valence-corrected chi connectivity index (χ4v) is 1.69. The zero-order valence-corrected chi connectivity index (χ0v) is 9.86. The third kappa shape index (κ3) is 2.47. The zero-order chi connectivity index (χ0) is 12.4. The van der Waals surface area contributed by atoms with Gasteiger partial charge in [-0.15, -0.1) is 0 Å². The molecule has 0 aliphatic rings. The minimum atomic E-state index is -0.944. The van der Waals surface area contributed by atoms with Crippen LogP contribution in [0, 0.1) is 6.92 Å². The highest BCUT2D eigenvalue weighted by Crippen LogP contribution is 2.29. The van der Waals surface area contributed by atoms with E-state index in [0.717, 1.165) is 5.56 Å². The fraction of sp³-hybridized carbons (Fsp3) is 0.167. The van der Waals surface area contributed by atoms with Crippen LogP contribution in [0.25, 0.3) is 11.5 Å². The van der Waals surface area contributed by atoms with Crippen LogP contribution in [0.15, 0.2) is 28.9 Å². The van der Waals surface area contributed by atoms with Gasteiger partial charge in [0.15, 0.2) is 0 Å². The maximum absolute atomic E-state index is 10.5. The molecule has 1 aromatic carbocycles. The Morgan fingerprint density at radius 3 is 3.00 bits per heavy atom. The summed E-state index contributed by atoms with van der Waals surface area (Å²) in [7, 11) is 0. The van der Waals surface area contributed by atoms with Crippen molar-refractivity contribution >= 4 is 17.6 Å². The fourth-order valence-electron chi connectivity index (χ4n) is 1.48. The van der Waals surface area contributed by atoms with E-state index in [0.29, 0.717) is 22.2 Å². The van der Waals surface area contributed by atoms with Gasteiger partial charge in [-0.2, -0.15) is 0 Å². The molecule has 0 unspecified atom stereocenters. The molecule has 2 rings (SSSR count). The minimum absolute atomic E-state index is 0.160.